The van der Waals surface area contributed by atoms with E-state index in [1.54, 1.807) is 6.08 Å². The molecule has 3 rings (SSSR count). The second-order valence-electron chi connectivity index (χ2n) is 6.06. The van der Waals surface area contributed by atoms with E-state index in [1.165, 1.54) is 17.3 Å². The molecule has 1 aliphatic rings. The van der Waals surface area contributed by atoms with Gasteiger partial charge in [-0.2, -0.15) is 0 Å². The minimum Gasteiger partial charge on any atom is -0.490 e. The number of amides is 1. The Kier molecular flexibility index (Phi) is 6.55. The summed E-state index contributed by atoms with van der Waals surface area (Å²) in [5, 5.41) is 3.37. The smallest absolute Gasteiger partial charge is 0.264 e. The van der Waals surface area contributed by atoms with Crippen LogP contribution < -0.4 is 14.8 Å². The van der Waals surface area contributed by atoms with Gasteiger partial charge in [-0.05, 0) is 61.5 Å². The van der Waals surface area contributed by atoms with Crippen LogP contribution in [0.15, 0.2) is 65.0 Å². The molecule has 0 aliphatic carbocycles. The van der Waals surface area contributed by atoms with Crippen LogP contribution in [0, 0.1) is 6.92 Å². The minimum absolute atomic E-state index is 0.166. The quantitative estimate of drug-likeness (QED) is 0.539. The average Bonchev–Trinajstić information content (AvgIpc) is 3.02. The lowest BCUT2D eigenvalue weighted by Gasteiger charge is -2.11. The third-order valence-electron chi connectivity index (χ3n) is 3.84. The number of ether oxygens (including phenoxy) is 2. The number of rotatable bonds is 7. The number of thioether (sulfide) groups is 1. The van der Waals surface area contributed by atoms with Gasteiger partial charge in [-0.1, -0.05) is 36.4 Å². The maximum absolute atomic E-state index is 12.3. The molecular formula is C22H22N2O3S. The molecule has 1 saturated heterocycles. The average molecular weight is 394 g/mol. The van der Waals surface area contributed by atoms with Crippen LogP contribution in [-0.2, 0) is 4.79 Å². The molecule has 0 unspecified atom stereocenters. The number of benzene rings is 2. The fourth-order valence-corrected chi connectivity index (χ4v) is 3.36. The van der Waals surface area contributed by atoms with E-state index in [0.29, 0.717) is 34.8 Å². The van der Waals surface area contributed by atoms with Gasteiger partial charge in [-0.15, -0.1) is 0 Å². The number of nitrogens with one attached hydrogen (secondary N) is 1. The minimum atomic E-state index is -0.166. The second kappa shape index (κ2) is 9.28. The highest BCUT2D eigenvalue weighted by atomic mass is 32.2. The second-order valence-corrected chi connectivity index (χ2v) is 7.09. The van der Waals surface area contributed by atoms with E-state index in [-0.39, 0.29) is 5.91 Å². The molecule has 1 N–H and O–H groups in total. The zero-order valence-corrected chi connectivity index (χ0v) is 16.7. The van der Waals surface area contributed by atoms with Gasteiger partial charge in [0.1, 0.15) is 6.61 Å². The van der Waals surface area contributed by atoms with Gasteiger partial charge in [0.25, 0.3) is 5.91 Å². The number of amidine groups is 1. The van der Waals surface area contributed by atoms with Crippen molar-refractivity contribution in [2.45, 2.75) is 13.8 Å². The summed E-state index contributed by atoms with van der Waals surface area (Å²) in [6, 6.07) is 13.4. The molecule has 0 atom stereocenters. The molecule has 5 nitrogen and oxygen atoms in total. The molecule has 144 valence electrons. The van der Waals surface area contributed by atoms with Gasteiger partial charge < -0.3 is 14.8 Å². The third kappa shape index (κ3) is 5.04. The van der Waals surface area contributed by atoms with E-state index >= 15 is 0 Å². The van der Waals surface area contributed by atoms with Crippen LogP contribution in [0.4, 0.5) is 5.69 Å². The Morgan fingerprint density at radius 3 is 2.64 bits per heavy atom. The standard InChI is InChI=1S/C22H22N2O3S/c1-4-12-27-18-11-8-16(13-19(18)26-5-2)14-20-21(25)24-22(28-20)23-17-9-6-15(3)7-10-17/h4,6-11,13-14H,1,5,12H2,2-3H3,(H,23,24,25)/b20-14-. The fraction of sp³-hybridized carbons (Fsp3) is 0.182. The molecule has 1 fully saturated rings. The zero-order valence-electron chi connectivity index (χ0n) is 15.9. The van der Waals surface area contributed by atoms with E-state index in [0.717, 1.165) is 11.3 Å². The largest absolute Gasteiger partial charge is 0.490 e. The first kappa shape index (κ1) is 19.8. The summed E-state index contributed by atoms with van der Waals surface area (Å²) in [6.45, 7) is 8.51. The molecule has 6 heteroatoms. The Balaban J connectivity index is 1.80. The Morgan fingerprint density at radius 1 is 1.14 bits per heavy atom. The van der Waals surface area contributed by atoms with Crippen molar-refractivity contribution in [3.8, 4) is 11.5 Å². The first-order valence-corrected chi connectivity index (χ1v) is 9.77. The number of aliphatic imine (C=N–C) groups is 1. The van der Waals surface area contributed by atoms with Crippen molar-refractivity contribution in [2.24, 2.45) is 4.99 Å². The lowest BCUT2D eigenvalue weighted by Crippen LogP contribution is -2.19. The maximum Gasteiger partial charge on any atom is 0.264 e. The monoisotopic (exact) mass is 394 g/mol. The summed E-state index contributed by atoms with van der Waals surface area (Å²) < 4.78 is 11.3. The molecule has 0 saturated carbocycles. The van der Waals surface area contributed by atoms with Crippen molar-refractivity contribution < 1.29 is 14.3 Å². The number of aryl methyl sites for hydroxylation is 1. The number of hydrogen-bond acceptors (Lipinski definition) is 5. The molecule has 1 amide bonds. The predicted octanol–water partition coefficient (Wildman–Crippen LogP) is 4.85. The topological polar surface area (TPSA) is 59.9 Å². The summed E-state index contributed by atoms with van der Waals surface area (Å²) >= 11 is 1.32. The number of nitrogens with zero attached hydrogens (tertiary/aromatic N) is 1. The number of hydrogen-bond donors (Lipinski definition) is 1. The van der Waals surface area contributed by atoms with Crippen molar-refractivity contribution in [3.05, 3.63) is 71.2 Å². The zero-order chi connectivity index (χ0) is 19.9. The summed E-state index contributed by atoms with van der Waals surface area (Å²) in [4.78, 5) is 17.4. The third-order valence-corrected chi connectivity index (χ3v) is 4.75. The normalized spacial score (nSPS) is 16.3. The Morgan fingerprint density at radius 2 is 1.93 bits per heavy atom. The van der Waals surface area contributed by atoms with Gasteiger partial charge in [0, 0.05) is 0 Å². The van der Waals surface area contributed by atoms with Crippen LogP contribution in [0.1, 0.15) is 18.1 Å². The van der Waals surface area contributed by atoms with E-state index in [2.05, 4.69) is 16.9 Å². The predicted molar refractivity (Wildman–Crippen MR) is 115 cm³/mol. The molecule has 0 spiro atoms. The van der Waals surface area contributed by atoms with Crippen LogP contribution in [0.3, 0.4) is 0 Å². The Bertz CT molecular complexity index is 933. The van der Waals surface area contributed by atoms with E-state index in [4.69, 9.17) is 9.47 Å². The number of carbonyl (C=O) groups excluding carboxylic acids is 1. The van der Waals surface area contributed by atoms with Crippen LogP contribution in [0.5, 0.6) is 11.5 Å². The van der Waals surface area contributed by atoms with Gasteiger partial charge in [0.15, 0.2) is 16.7 Å². The molecule has 0 radical (unpaired) electrons. The number of carbonyl (C=O) groups is 1. The van der Waals surface area contributed by atoms with Crippen LogP contribution in [0.25, 0.3) is 6.08 Å². The first-order chi connectivity index (χ1) is 13.6. The lowest BCUT2D eigenvalue weighted by atomic mass is 10.2. The molecule has 2 aromatic rings. The fourth-order valence-electron chi connectivity index (χ4n) is 2.52. The summed E-state index contributed by atoms with van der Waals surface area (Å²) in [6.07, 6.45) is 3.50. The van der Waals surface area contributed by atoms with Crippen molar-refractivity contribution in [1.82, 2.24) is 5.32 Å². The molecule has 1 aliphatic heterocycles. The maximum atomic E-state index is 12.3. The van der Waals surface area contributed by atoms with Crippen LogP contribution >= 0.6 is 11.8 Å². The Hall–Kier alpha value is -2.99. The molecule has 2 aromatic carbocycles. The van der Waals surface area contributed by atoms with E-state index in [9.17, 15) is 4.79 Å². The van der Waals surface area contributed by atoms with Crippen molar-refractivity contribution in [3.63, 3.8) is 0 Å². The van der Waals surface area contributed by atoms with Gasteiger partial charge >= 0.3 is 0 Å². The SMILES string of the molecule is C=CCOc1ccc(/C=C2\SC(=Nc3ccc(C)cc3)NC2=O)cc1OCC. The van der Waals surface area contributed by atoms with Crippen LogP contribution in [0.2, 0.25) is 0 Å². The van der Waals surface area contributed by atoms with E-state index < -0.39 is 0 Å². The first-order valence-electron chi connectivity index (χ1n) is 8.96. The van der Waals surface area contributed by atoms with Crippen molar-refractivity contribution in [1.29, 1.82) is 0 Å². The highest BCUT2D eigenvalue weighted by Crippen LogP contribution is 2.32. The summed E-state index contributed by atoms with van der Waals surface area (Å²) in [7, 11) is 0. The highest BCUT2D eigenvalue weighted by molar-refractivity contribution is 8.18. The molecule has 0 bridgehead atoms. The van der Waals surface area contributed by atoms with Crippen LogP contribution in [-0.4, -0.2) is 24.3 Å². The lowest BCUT2D eigenvalue weighted by molar-refractivity contribution is -0.115. The summed E-state index contributed by atoms with van der Waals surface area (Å²) in [5.74, 6) is 1.12. The van der Waals surface area contributed by atoms with Crippen molar-refractivity contribution in [2.75, 3.05) is 13.2 Å². The molecule has 28 heavy (non-hydrogen) atoms. The molecule has 1 heterocycles. The molecule has 0 aromatic heterocycles. The summed E-state index contributed by atoms with van der Waals surface area (Å²) in [5.41, 5.74) is 2.82. The Labute approximate surface area is 169 Å². The van der Waals surface area contributed by atoms with E-state index in [1.807, 2.05) is 62.4 Å². The van der Waals surface area contributed by atoms with Gasteiger partial charge in [-0.25, -0.2) is 4.99 Å². The van der Waals surface area contributed by atoms with Crippen molar-refractivity contribution >= 4 is 34.6 Å². The van der Waals surface area contributed by atoms with Gasteiger partial charge in [0.2, 0.25) is 0 Å². The van der Waals surface area contributed by atoms with Gasteiger partial charge in [-0.3, -0.25) is 4.79 Å². The molecular weight excluding hydrogens is 372 g/mol. The highest BCUT2D eigenvalue weighted by Gasteiger charge is 2.24. The van der Waals surface area contributed by atoms with Gasteiger partial charge in [0.05, 0.1) is 17.2 Å².